The van der Waals surface area contributed by atoms with Crippen molar-refractivity contribution in [3.8, 4) is 0 Å². The standard InChI is InChI=1S/C12H17BN2O3/c1-10(2)8-15(9-16)14-7-11-3-5-12(6-4-11)13(17)18/h3-7,9-10,17-18H,8H2,1-2H3/b14-7+. The zero-order valence-corrected chi connectivity index (χ0v) is 10.5. The van der Waals surface area contributed by atoms with Gasteiger partial charge >= 0.3 is 7.12 Å². The number of amides is 1. The molecule has 0 bridgehead atoms. The lowest BCUT2D eigenvalue weighted by atomic mass is 9.80. The van der Waals surface area contributed by atoms with Crippen LogP contribution >= 0.6 is 0 Å². The number of rotatable bonds is 6. The number of benzene rings is 1. The summed E-state index contributed by atoms with van der Waals surface area (Å²) in [6.45, 7) is 4.57. The summed E-state index contributed by atoms with van der Waals surface area (Å²) in [7, 11) is -1.47. The van der Waals surface area contributed by atoms with Gasteiger partial charge in [-0.25, -0.2) is 5.01 Å². The molecule has 0 spiro atoms. The Labute approximate surface area is 107 Å². The molecule has 1 aromatic carbocycles. The van der Waals surface area contributed by atoms with E-state index in [1.807, 2.05) is 13.8 Å². The Morgan fingerprint density at radius 2 is 1.94 bits per heavy atom. The van der Waals surface area contributed by atoms with Gasteiger partial charge in [0.05, 0.1) is 6.21 Å². The first-order chi connectivity index (χ1) is 8.52. The third kappa shape index (κ3) is 4.69. The average Bonchev–Trinajstić information content (AvgIpc) is 2.34. The molecule has 1 rings (SSSR count). The van der Waals surface area contributed by atoms with Crippen molar-refractivity contribution >= 4 is 25.2 Å². The van der Waals surface area contributed by atoms with Crippen LogP contribution in [0.2, 0.25) is 0 Å². The summed E-state index contributed by atoms with van der Waals surface area (Å²) in [6.07, 6.45) is 2.24. The van der Waals surface area contributed by atoms with Crippen molar-refractivity contribution in [2.45, 2.75) is 13.8 Å². The van der Waals surface area contributed by atoms with E-state index in [2.05, 4.69) is 5.10 Å². The van der Waals surface area contributed by atoms with Crippen LogP contribution in [0.25, 0.3) is 0 Å². The van der Waals surface area contributed by atoms with Crippen molar-refractivity contribution in [3.63, 3.8) is 0 Å². The Bertz CT molecular complexity index is 404. The molecule has 18 heavy (non-hydrogen) atoms. The quantitative estimate of drug-likeness (QED) is 0.317. The maximum absolute atomic E-state index is 10.8. The molecule has 0 heterocycles. The minimum absolute atomic E-state index is 0.347. The number of hydrazone groups is 1. The van der Waals surface area contributed by atoms with Gasteiger partial charge in [0.1, 0.15) is 0 Å². The molecule has 1 aromatic rings. The molecule has 6 heteroatoms. The van der Waals surface area contributed by atoms with Crippen LogP contribution in [0.1, 0.15) is 19.4 Å². The molecule has 0 aliphatic rings. The summed E-state index contributed by atoms with van der Waals surface area (Å²) in [5, 5.41) is 23.2. The number of carbonyl (C=O) groups excluding carboxylic acids is 1. The van der Waals surface area contributed by atoms with Crippen LogP contribution in [0.15, 0.2) is 29.4 Å². The summed E-state index contributed by atoms with van der Waals surface area (Å²) >= 11 is 0. The normalized spacial score (nSPS) is 10.9. The topological polar surface area (TPSA) is 73.1 Å². The molecule has 5 nitrogen and oxygen atoms in total. The Kier molecular flexibility index (Phi) is 5.55. The van der Waals surface area contributed by atoms with E-state index in [4.69, 9.17) is 10.0 Å². The smallest absolute Gasteiger partial charge is 0.423 e. The highest BCUT2D eigenvalue weighted by Crippen LogP contribution is 1.98. The Morgan fingerprint density at radius 3 is 2.39 bits per heavy atom. The molecule has 0 saturated carbocycles. The first kappa shape index (κ1) is 14.4. The lowest BCUT2D eigenvalue weighted by Crippen LogP contribution is -2.29. The molecule has 0 saturated heterocycles. The van der Waals surface area contributed by atoms with Gasteiger partial charge in [0.2, 0.25) is 6.41 Å². The van der Waals surface area contributed by atoms with E-state index in [1.54, 1.807) is 30.5 Å². The highest BCUT2D eigenvalue weighted by Gasteiger charge is 2.09. The van der Waals surface area contributed by atoms with E-state index >= 15 is 0 Å². The van der Waals surface area contributed by atoms with Crippen molar-refractivity contribution < 1.29 is 14.8 Å². The summed E-state index contributed by atoms with van der Waals surface area (Å²) in [6, 6.07) is 6.60. The van der Waals surface area contributed by atoms with Crippen LogP contribution in [0.3, 0.4) is 0 Å². The van der Waals surface area contributed by atoms with Gasteiger partial charge in [0.25, 0.3) is 0 Å². The van der Waals surface area contributed by atoms with Crippen LogP contribution in [-0.4, -0.2) is 41.3 Å². The summed E-state index contributed by atoms with van der Waals surface area (Å²) in [5.74, 6) is 0.347. The van der Waals surface area contributed by atoms with Gasteiger partial charge in [-0.15, -0.1) is 0 Å². The maximum Gasteiger partial charge on any atom is 0.488 e. The number of hydrogen-bond acceptors (Lipinski definition) is 4. The van der Waals surface area contributed by atoms with Crippen molar-refractivity contribution in [1.82, 2.24) is 5.01 Å². The second kappa shape index (κ2) is 6.93. The van der Waals surface area contributed by atoms with Crippen molar-refractivity contribution in [3.05, 3.63) is 29.8 Å². The molecule has 2 N–H and O–H groups in total. The third-order valence-electron chi connectivity index (χ3n) is 2.26. The summed E-state index contributed by atoms with van der Waals surface area (Å²) in [4.78, 5) is 10.8. The average molecular weight is 248 g/mol. The highest BCUT2D eigenvalue weighted by atomic mass is 16.4. The van der Waals surface area contributed by atoms with E-state index in [0.29, 0.717) is 24.3 Å². The fraction of sp³-hybridized carbons (Fsp3) is 0.333. The number of hydrogen-bond donors (Lipinski definition) is 2. The SMILES string of the molecule is CC(C)CN(C=O)/N=C/c1ccc(B(O)O)cc1. The third-order valence-corrected chi connectivity index (χ3v) is 2.26. The maximum atomic E-state index is 10.8. The minimum Gasteiger partial charge on any atom is -0.423 e. The van der Waals surface area contributed by atoms with Gasteiger partial charge < -0.3 is 10.0 Å². The zero-order chi connectivity index (χ0) is 13.5. The van der Waals surface area contributed by atoms with Crippen molar-refractivity contribution in [1.29, 1.82) is 0 Å². The van der Waals surface area contributed by atoms with Crippen molar-refractivity contribution in [2.24, 2.45) is 11.0 Å². The molecule has 0 radical (unpaired) electrons. The molecule has 0 aliphatic carbocycles. The highest BCUT2D eigenvalue weighted by molar-refractivity contribution is 6.58. The van der Waals surface area contributed by atoms with Crippen molar-refractivity contribution in [2.75, 3.05) is 6.54 Å². The van der Waals surface area contributed by atoms with Gasteiger partial charge in [-0.3, -0.25) is 4.79 Å². The Morgan fingerprint density at radius 1 is 1.33 bits per heavy atom. The monoisotopic (exact) mass is 248 g/mol. The summed E-state index contributed by atoms with van der Waals surface area (Å²) in [5.41, 5.74) is 1.21. The molecule has 96 valence electrons. The van der Waals surface area contributed by atoms with Gasteiger partial charge in [-0.1, -0.05) is 38.1 Å². The fourth-order valence-electron chi connectivity index (χ4n) is 1.39. The Balaban J connectivity index is 2.68. The molecule has 0 aromatic heterocycles. The van der Waals surface area contributed by atoms with Gasteiger partial charge in [-0.05, 0) is 16.9 Å². The van der Waals surface area contributed by atoms with E-state index in [1.165, 1.54) is 5.01 Å². The first-order valence-electron chi connectivity index (χ1n) is 5.75. The molecule has 0 fully saturated rings. The number of carbonyl (C=O) groups is 1. The molecule has 0 atom stereocenters. The van der Waals surface area contributed by atoms with Gasteiger partial charge in [0.15, 0.2) is 0 Å². The van der Waals surface area contributed by atoms with Gasteiger partial charge in [-0.2, -0.15) is 5.10 Å². The lowest BCUT2D eigenvalue weighted by molar-refractivity contribution is -0.118. The molecular weight excluding hydrogens is 231 g/mol. The van der Waals surface area contributed by atoms with Crippen LogP contribution in [-0.2, 0) is 4.79 Å². The van der Waals surface area contributed by atoms with Crippen LogP contribution < -0.4 is 5.46 Å². The summed E-state index contributed by atoms with van der Waals surface area (Å²) < 4.78 is 0. The second-order valence-electron chi connectivity index (χ2n) is 4.41. The largest absolute Gasteiger partial charge is 0.488 e. The zero-order valence-electron chi connectivity index (χ0n) is 10.5. The predicted molar refractivity (Wildman–Crippen MR) is 71.5 cm³/mol. The lowest BCUT2D eigenvalue weighted by Gasteiger charge is -2.12. The van der Waals surface area contributed by atoms with E-state index < -0.39 is 7.12 Å². The first-order valence-corrected chi connectivity index (χ1v) is 5.75. The molecule has 1 amide bonds. The van der Waals surface area contributed by atoms with Gasteiger partial charge in [0, 0.05) is 6.54 Å². The van der Waals surface area contributed by atoms with E-state index in [-0.39, 0.29) is 0 Å². The minimum atomic E-state index is -1.47. The Hall–Kier alpha value is -1.66. The van der Waals surface area contributed by atoms with Crippen LogP contribution in [0.5, 0.6) is 0 Å². The van der Waals surface area contributed by atoms with E-state index in [9.17, 15) is 4.79 Å². The van der Waals surface area contributed by atoms with E-state index in [0.717, 1.165) is 5.56 Å². The predicted octanol–water partition coefficient (Wildman–Crippen LogP) is -0.185. The molecule has 0 unspecified atom stereocenters. The molecule has 0 aliphatic heterocycles. The second-order valence-corrected chi connectivity index (χ2v) is 4.41. The molecular formula is C12H17BN2O3. The van der Waals surface area contributed by atoms with Crippen LogP contribution in [0, 0.1) is 5.92 Å². The number of nitrogens with zero attached hydrogens (tertiary/aromatic N) is 2. The fourth-order valence-corrected chi connectivity index (χ4v) is 1.39. The van der Waals surface area contributed by atoms with Crippen LogP contribution in [0.4, 0.5) is 0 Å².